The van der Waals surface area contributed by atoms with Crippen LogP contribution in [0, 0.1) is 0 Å². The van der Waals surface area contributed by atoms with Gasteiger partial charge in [-0.25, -0.2) is 0 Å². The van der Waals surface area contributed by atoms with Crippen molar-refractivity contribution in [2.24, 2.45) is 0 Å². The summed E-state index contributed by atoms with van der Waals surface area (Å²) in [7, 11) is 0. The van der Waals surface area contributed by atoms with Crippen LogP contribution in [0.1, 0.15) is 18.4 Å². The smallest absolute Gasteiger partial charge is 0.121 e. The highest BCUT2D eigenvalue weighted by Gasteiger charge is 2.21. The van der Waals surface area contributed by atoms with Gasteiger partial charge in [-0.3, -0.25) is 0 Å². The number of benzene rings is 2. The first kappa shape index (κ1) is 13.7. The summed E-state index contributed by atoms with van der Waals surface area (Å²) >= 11 is 0. The highest BCUT2D eigenvalue weighted by Crippen LogP contribution is 2.35. The number of nitrogens with zero attached hydrogens (tertiary/aromatic N) is 2. The molecule has 0 radical (unpaired) electrons. The van der Waals surface area contributed by atoms with Crippen molar-refractivity contribution in [3.05, 3.63) is 78.6 Å². The maximum absolute atomic E-state index is 2.52. The van der Waals surface area contributed by atoms with Crippen LogP contribution in [0.25, 0.3) is 28.0 Å². The van der Waals surface area contributed by atoms with E-state index in [4.69, 9.17) is 0 Å². The number of hydrogen-bond donors (Lipinski definition) is 0. The zero-order chi connectivity index (χ0) is 15.9. The maximum Gasteiger partial charge on any atom is 0.121 e. The number of rotatable bonds is 2. The lowest BCUT2D eigenvalue weighted by Gasteiger charge is -2.08. The maximum atomic E-state index is 2.52. The van der Waals surface area contributed by atoms with Crippen molar-refractivity contribution >= 4 is 5.65 Å². The molecule has 4 aromatic rings. The molecule has 0 N–H and O–H groups in total. The zero-order valence-corrected chi connectivity index (χ0v) is 13.7. The lowest BCUT2D eigenvalue weighted by Crippen LogP contribution is -1.98. The van der Waals surface area contributed by atoms with Gasteiger partial charge in [-0.05, 0) is 30.4 Å². The number of imidazole rings is 1. The van der Waals surface area contributed by atoms with Crippen LogP contribution in [0.4, 0.5) is 0 Å². The summed E-state index contributed by atoms with van der Waals surface area (Å²) in [6.07, 6.45) is 8.28. The summed E-state index contributed by atoms with van der Waals surface area (Å²) in [5, 5.41) is 0. The number of hydrogen-bond acceptors (Lipinski definition) is 0. The Morgan fingerprint density at radius 1 is 0.708 bits per heavy atom. The van der Waals surface area contributed by atoms with E-state index in [1.165, 1.54) is 52.9 Å². The van der Waals surface area contributed by atoms with Crippen LogP contribution in [0.2, 0.25) is 0 Å². The third-order valence-corrected chi connectivity index (χ3v) is 5.13. The standard InChI is InChI=1S/C22H20N2/c1-3-9-17(10-4-1)20-15-23-16-21(18-11-5-2-6-12-18)24-14-8-7-13-19(20)22(23)24/h1-6,9-12,15-16H,7-8,13-14H2. The third-order valence-electron chi connectivity index (χ3n) is 5.13. The van der Waals surface area contributed by atoms with Crippen LogP contribution < -0.4 is 0 Å². The topological polar surface area (TPSA) is 9.34 Å². The minimum Gasteiger partial charge on any atom is -0.325 e. The third kappa shape index (κ3) is 2.03. The van der Waals surface area contributed by atoms with Crippen molar-refractivity contribution in [1.29, 1.82) is 0 Å². The number of aromatic nitrogens is 2. The monoisotopic (exact) mass is 312 g/mol. The predicted molar refractivity (Wildman–Crippen MR) is 99.2 cm³/mol. The molecule has 2 heteroatoms. The molecule has 0 unspecified atom stereocenters. The second kappa shape index (κ2) is 5.41. The van der Waals surface area contributed by atoms with Gasteiger partial charge < -0.3 is 8.97 Å². The van der Waals surface area contributed by atoms with Gasteiger partial charge in [0.1, 0.15) is 5.65 Å². The summed E-state index contributed by atoms with van der Waals surface area (Å²) < 4.78 is 4.86. The molecule has 0 fully saturated rings. The lowest BCUT2D eigenvalue weighted by molar-refractivity contribution is 0.647. The average Bonchev–Trinajstić information content (AvgIpc) is 3.08. The normalized spacial score (nSPS) is 14.0. The van der Waals surface area contributed by atoms with Crippen LogP contribution >= 0.6 is 0 Å². The minimum atomic E-state index is 1.10. The fraction of sp³-hybridized carbons (Fsp3) is 0.182. The highest BCUT2D eigenvalue weighted by molar-refractivity contribution is 5.78. The quantitative estimate of drug-likeness (QED) is 0.468. The van der Waals surface area contributed by atoms with E-state index in [9.17, 15) is 0 Å². The molecule has 2 aromatic carbocycles. The molecule has 0 saturated carbocycles. The predicted octanol–water partition coefficient (Wildman–Crippen LogP) is 5.41. The molecular formula is C22H20N2. The molecule has 3 heterocycles. The van der Waals surface area contributed by atoms with E-state index in [-0.39, 0.29) is 0 Å². The summed E-state index contributed by atoms with van der Waals surface area (Å²) in [5.41, 5.74) is 8.22. The van der Waals surface area contributed by atoms with Crippen molar-refractivity contribution in [2.45, 2.75) is 25.8 Å². The molecule has 0 atom stereocenters. The van der Waals surface area contributed by atoms with Crippen LogP contribution in [-0.2, 0) is 13.0 Å². The molecule has 2 aromatic heterocycles. The van der Waals surface area contributed by atoms with E-state index in [2.05, 4.69) is 82.0 Å². The Morgan fingerprint density at radius 3 is 2.17 bits per heavy atom. The van der Waals surface area contributed by atoms with Crippen LogP contribution in [0.3, 0.4) is 0 Å². The van der Waals surface area contributed by atoms with Crippen molar-refractivity contribution in [1.82, 2.24) is 8.97 Å². The van der Waals surface area contributed by atoms with E-state index in [1.807, 2.05) is 0 Å². The first-order valence-electron chi connectivity index (χ1n) is 8.76. The summed E-state index contributed by atoms with van der Waals surface area (Å²) in [6.45, 7) is 1.10. The van der Waals surface area contributed by atoms with E-state index in [0.717, 1.165) is 6.54 Å². The van der Waals surface area contributed by atoms with E-state index in [1.54, 1.807) is 0 Å². The van der Waals surface area contributed by atoms with Gasteiger partial charge >= 0.3 is 0 Å². The molecule has 1 aliphatic heterocycles. The largest absolute Gasteiger partial charge is 0.325 e. The molecular weight excluding hydrogens is 292 g/mol. The molecule has 1 aliphatic rings. The van der Waals surface area contributed by atoms with Crippen molar-refractivity contribution in [2.75, 3.05) is 0 Å². The summed E-state index contributed by atoms with van der Waals surface area (Å²) in [4.78, 5) is 0. The van der Waals surface area contributed by atoms with Gasteiger partial charge in [-0.15, -0.1) is 0 Å². The molecule has 0 amide bonds. The molecule has 5 rings (SSSR count). The Labute approximate surface area is 142 Å². The van der Waals surface area contributed by atoms with Gasteiger partial charge in [0.2, 0.25) is 0 Å². The first-order chi connectivity index (χ1) is 11.9. The molecule has 0 spiro atoms. The highest BCUT2D eigenvalue weighted by atomic mass is 15.1. The molecule has 0 saturated heterocycles. The Bertz CT molecular complexity index is 912. The van der Waals surface area contributed by atoms with Crippen LogP contribution in [-0.4, -0.2) is 8.97 Å². The fourth-order valence-corrected chi connectivity index (χ4v) is 4.02. The van der Waals surface area contributed by atoms with E-state index in [0.29, 0.717) is 0 Å². The fourth-order valence-electron chi connectivity index (χ4n) is 4.02. The molecule has 2 nitrogen and oxygen atoms in total. The molecule has 0 bridgehead atoms. The summed E-state index contributed by atoms with van der Waals surface area (Å²) in [6, 6.07) is 21.5. The second-order valence-corrected chi connectivity index (χ2v) is 6.61. The SMILES string of the molecule is c1ccc(-c2cn3cc(-c4ccccc4)n4c3c2CCCC4)cc1. The average molecular weight is 312 g/mol. The Hall–Kier alpha value is -2.74. The van der Waals surface area contributed by atoms with Gasteiger partial charge in [0.25, 0.3) is 0 Å². The van der Waals surface area contributed by atoms with E-state index < -0.39 is 0 Å². The van der Waals surface area contributed by atoms with Crippen molar-refractivity contribution < 1.29 is 0 Å². The molecule has 24 heavy (non-hydrogen) atoms. The Balaban J connectivity index is 1.77. The molecule has 118 valence electrons. The zero-order valence-electron chi connectivity index (χ0n) is 13.7. The van der Waals surface area contributed by atoms with Gasteiger partial charge in [0.05, 0.1) is 5.69 Å². The Morgan fingerprint density at radius 2 is 1.42 bits per heavy atom. The lowest BCUT2D eigenvalue weighted by atomic mass is 10.0. The van der Waals surface area contributed by atoms with Crippen LogP contribution in [0.5, 0.6) is 0 Å². The summed E-state index contributed by atoms with van der Waals surface area (Å²) in [5.74, 6) is 0. The van der Waals surface area contributed by atoms with Gasteiger partial charge in [-0.1, -0.05) is 60.7 Å². The van der Waals surface area contributed by atoms with Gasteiger partial charge in [-0.2, -0.15) is 0 Å². The van der Waals surface area contributed by atoms with Crippen molar-refractivity contribution in [3.63, 3.8) is 0 Å². The second-order valence-electron chi connectivity index (χ2n) is 6.61. The van der Waals surface area contributed by atoms with Crippen molar-refractivity contribution in [3.8, 4) is 22.4 Å². The van der Waals surface area contributed by atoms with Gasteiger partial charge in [0.15, 0.2) is 0 Å². The Kier molecular flexibility index (Phi) is 3.08. The number of aryl methyl sites for hydroxylation is 2. The van der Waals surface area contributed by atoms with Crippen LogP contribution in [0.15, 0.2) is 73.1 Å². The van der Waals surface area contributed by atoms with E-state index >= 15 is 0 Å². The molecule has 0 aliphatic carbocycles. The first-order valence-corrected chi connectivity index (χ1v) is 8.76. The van der Waals surface area contributed by atoms with Gasteiger partial charge in [0, 0.05) is 30.1 Å². The minimum absolute atomic E-state index is 1.10.